The van der Waals surface area contributed by atoms with Crippen molar-refractivity contribution in [1.82, 2.24) is 9.80 Å². The number of likely N-dealkylation sites (tertiary alicyclic amines) is 1. The number of rotatable bonds is 6. The minimum absolute atomic E-state index is 0.00337. The number of carbonyl (C=O) groups excluding carboxylic acids is 1. The van der Waals surface area contributed by atoms with E-state index in [9.17, 15) is 13.2 Å². The molecule has 0 saturated carbocycles. The van der Waals surface area contributed by atoms with E-state index in [1.54, 1.807) is 19.2 Å². The molecule has 2 saturated heterocycles. The van der Waals surface area contributed by atoms with Crippen LogP contribution in [0, 0.1) is 0 Å². The molecular formula is C22H26N2O5S. The van der Waals surface area contributed by atoms with Crippen LogP contribution in [-0.2, 0) is 32.5 Å². The summed E-state index contributed by atoms with van der Waals surface area (Å²) < 4.78 is 34.3. The number of benzene rings is 2. The van der Waals surface area contributed by atoms with Crippen molar-refractivity contribution in [3.8, 4) is 5.75 Å². The average molecular weight is 431 g/mol. The Morgan fingerprint density at radius 2 is 1.63 bits per heavy atom. The van der Waals surface area contributed by atoms with Gasteiger partial charge in [0.2, 0.25) is 5.91 Å². The van der Waals surface area contributed by atoms with Crippen molar-refractivity contribution in [2.75, 3.05) is 33.1 Å². The van der Waals surface area contributed by atoms with Gasteiger partial charge in [-0.15, -0.1) is 0 Å². The molecule has 2 fully saturated rings. The third-order valence-electron chi connectivity index (χ3n) is 5.72. The van der Waals surface area contributed by atoms with Gasteiger partial charge in [0.15, 0.2) is 9.84 Å². The van der Waals surface area contributed by atoms with Crippen LogP contribution < -0.4 is 4.74 Å². The number of nitrogens with zero attached hydrogens (tertiary/aromatic N) is 2. The van der Waals surface area contributed by atoms with Gasteiger partial charge in [-0.05, 0) is 35.4 Å². The molecule has 2 aliphatic rings. The molecule has 160 valence electrons. The van der Waals surface area contributed by atoms with E-state index in [0.717, 1.165) is 30.0 Å². The molecule has 7 nitrogen and oxygen atoms in total. The van der Waals surface area contributed by atoms with Gasteiger partial charge in [-0.3, -0.25) is 9.69 Å². The molecule has 2 aliphatic heterocycles. The number of hydrogen-bond acceptors (Lipinski definition) is 6. The molecule has 2 aromatic carbocycles. The standard InChI is InChI=1S/C22H26N2O5S/c1-28-18-7-3-17(4-8-18)12-24-20-13-23(14-21(20)29-15-22(24)25)11-16-5-9-19(10-6-16)30(2,26)27/h3-10,20-21H,11-15H2,1-2H3. The molecule has 0 radical (unpaired) electrons. The fourth-order valence-corrected chi connectivity index (χ4v) is 4.73. The lowest BCUT2D eigenvalue weighted by atomic mass is 10.1. The minimum Gasteiger partial charge on any atom is -0.497 e. The van der Waals surface area contributed by atoms with Gasteiger partial charge in [0, 0.05) is 32.4 Å². The number of ether oxygens (including phenoxy) is 2. The first-order chi connectivity index (χ1) is 14.3. The van der Waals surface area contributed by atoms with Crippen LogP contribution in [0.3, 0.4) is 0 Å². The Morgan fingerprint density at radius 3 is 2.27 bits per heavy atom. The maximum Gasteiger partial charge on any atom is 0.249 e. The number of hydrogen-bond donors (Lipinski definition) is 0. The molecule has 2 unspecified atom stereocenters. The van der Waals surface area contributed by atoms with Crippen LogP contribution >= 0.6 is 0 Å². The van der Waals surface area contributed by atoms with Crippen LogP contribution in [0.15, 0.2) is 53.4 Å². The maximum absolute atomic E-state index is 12.6. The lowest BCUT2D eigenvalue weighted by Gasteiger charge is -2.36. The summed E-state index contributed by atoms with van der Waals surface area (Å²) in [4.78, 5) is 17.1. The maximum atomic E-state index is 12.6. The van der Waals surface area contributed by atoms with Crippen LogP contribution in [0.5, 0.6) is 5.75 Å². The lowest BCUT2D eigenvalue weighted by molar-refractivity contribution is -0.153. The van der Waals surface area contributed by atoms with E-state index in [-0.39, 0.29) is 24.7 Å². The predicted octanol–water partition coefficient (Wildman–Crippen LogP) is 1.71. The van der Waals surface area contributed by atoms with Gasteiger partial charge in [-0.2, -0.15) is 0 Å². The fourth-order valence-electron chi connectivity index (χ4n) is 4.10. The zero-order valence-electron chi connectivity index (χ0n) is 17.2. The Hall–Kier alpha value is -2.42. The van der Waals surface area contributed by atoms with Crippen molar-refractivity contribution >= 4 is 15.7 Å². The molecular weight excluding hydrogens is 404 g/mol. The number of methoxy groups -OCH3 is 1. The smallest absolute Gasteiger partial charge is 0.249 e. The van der Waals surface area contributed by atoms with E-state index < -0.39 is 9.84 Å². The quantitative estimate of drug-likeness (QED) is 0.695. The summed E-state index contributed by atoms with van der Waals surface area (Å²) in [7, 11) is -1.57. The number of sulfone groups is 1. The van der Waals surface area contributed by atoms with Gasteiger partial charge in [-0.25, -0.2) is 8.42 Å². The number of fused-ring (bicyclic) bond motifs is 1. The van der Waals surface area contributed by atoms with Crippen molar-refractivity contribution in [2.24, 2.45) is 0 Å². The molecule has 0 aromatic heterocycles. The van der Waals surface area contributed by atoms with E-state index in [1.807, 2.05) is 41.3 Å². The van der Waals surface area contributed by atoms with Gasteiger partial charge in [0.05, 0.1) is 24.2 Å². The van der Waals surface area contributed by atoms with Crippen molar-refractivity contribution in [3.05, 3.63) is 59.7 Å². The fraction of sp³-hybridized carbons (Fsp3) is 0.409. The van der Waals surface area contributed by atoms with Gasteiger partial charge in [0.1, 0.15) is 12.4 Å². The van der Waals surface area contributed by atoms with E-state index in [0.29, 0.717) is 18.0 Å². The minimum atomic E-state index is -3.20. The Bertz CT molecular complexity index is 1000. The lowest BCUT2D eigenvalue weighted by Crippen LogP contribution is -2.53. The Balaban J connectivity index is 1.43. The van der Waals surface area contributed by atoms with E-state index in [1.165, 1.54) is 6.26 Å². The second-order valence-corrected chi connectivity index (χ2v) is 9.91. The van der Waals surface area contributed by atoms with Crippen LogP contribution in [0.1, 0.15) is 11.1 Å². The SMILES string of the molecule is COc1ccc(CN2C(=O)COC3CN(Cc4ccc(S(C)(=O)=O)cc4)CC32)cc1. The van der Waals surface area contributed by atoms with E-state index >= 15 is 0 Å². The second kappa shape index (κ2) is 8.37. The highest BCUT2D eigenvalue weighted by Gasteiger charge is 2.42. The van der Waals surface area contributed by atoms with Crippen molar-refractivity contribution in [3.63, 3.8) is 0 Å². The summed E-state index contributed by atoms with van der Waals surface area (Å²) in [5.74, 6) is 0.797. The molecule has 8 heteroatoms. The van der Waals surface area contributed by atoms with Crippen LogP contribution in [0.4, 0.5) is 0 Å². The molecule has 2 heterocycles. The van der Waals surface area contributed by atoms with Gasteiger partial charge < -0.3 is 14.4 Å². The first kappa shape index (κ1) is 20.8. The molecule has 2 atom stereocenters. The van der Waals surface area contributed by atoms with Gasteiger partial charge in [-0.1, -0.05) is 24.3 Å². The number of morpholine rings is 1. The summed E-state index contributed by atoms with van der Waals surface area (Å²) >= 11 is 0. The molecule has 0 bridgehead atoms. The van der Waals surface area contributed by atoms with Gasteiger partial charge in [0.25, 0.3) is 0 Å². The monoisotopic (exact) mass is 430 g/mol. The van der Waals surface area contributed by atoms with Crippen molar-refractivity contribution < 1.29 is 22.7 Å². The molecule has 0 spiro atoms. The number of amides is 1. The first-order valence-electron chi connectivity index (χ1n) is 9.89. The highest BCUT2D eigenvalue weighted by molar-refractivity contribution is 7.90. The third kappa shape index (κ3) is 4.50. The van der Waals surface area contributed by atoms with Gasteiger partial charge >= 0.3 is 0 Å². The second-order valence-electron chi connectivity index (χ2n) is 7.90. The normalized spacial score (nSPS) is 22.2. The highest BCUT2D eigenvalue weighted by atomic mass is 32.2. The Kier molecular flexibility index (Phi) is 5.81. The van der Waals surface area contributed by atoms with Crippen LogP contribution in [-0.4, -0.2) is 69.3 Å². The molecule has 4 rings (SSSR count). The summed E-state index contributed by atoms with van der Waals surface area (Å²) in [5, 5.41) is 0. The Morgan fingerprint density at radius 1 is 1.00 bits per heavy atom. The topological polar surface area (TPSA) is 76.2 Å². The molecule has 1 amide bonds. The van der Waals surface area contributed by atoms with Crippen LogP contribution in [0.2, 0.25) is 0 Å². The molecule has 30 heavy (non-hydrogen) atoms. The summed E-state index contributed by atoms with van der Waals surface area (Å²) in [6.07, 6.45) is 1.19. The Labute approximate surface area is 177 Å². The highest BCUT2D eigenvalue weighted by Crippen LogP contribution is 2.27. The zero-order valence-corrected chi connectivity index (χ0v) is 18.0. The van der Waals surface area contributed by atoms with E-state index in [4.69, 9.17) is 9.47 Å². The van der Waals surface area contributed by atoms with Crippen molar-refractivity contribution in [1.29, 1.82) is 0 Å². The van der Waals surface area contributed by atoms with Crippen molar-refractivity contribution in [2.45, 2.75) is 30.1 Å². The average Bonchev–Trinajstić information content (AvgIpc) is 3.13. The largest absolute Gasteiger partial charge is 0.497 e. The number of carbonyl (C=O) groups is 1. The van der Waals surface area contributed by atoms with E-state index in [2.05, 4.69) is 4.90 Å². The molecule has 0 N–H and O–H groups in total. The van der Waals surface area contributed by atoms with Crippen LogP contribution in [0.25, 0.3) is 0 Å². The predicted molar refractivity (Wildman–Crippen MR) is 112 cm³/mol. The summed E-state index contributed by atoms with van der Waals surface area (Å²) in [6.45, 7) is 2.80. The zero-order chi connectivity index (χ0) is 21.3. The third-order valence-corrected chi connectivity index (χ3v) is 6.85. The summed E-state index contributed by atoms with van der Waals surface area (Å²) in [6, 6.07) is 14.7. The first-order valence-corrected chi connectivity index (χ1v) is 11.8. The molecule has 0 aliphatic carbocycles. The molecule has 2 aromatic rings. The summed E-state index contributed by atoms with van der Waals surface area (Å²) in [5.41, 5.74) is 2.09.